The van der Waals surface area contributed by atoms with Crippen LogP contribution in [0.25, 0.3) is 0 Å². The molecule has 0 saturated carbocycles. The van der Waals surface area contributed by atoms with Crippen LogP contribution in [0, 0.1) is 33.5 Å². The van der Waals surface area contributed by atoms with Gasteiger partial charge in [0.15, 0.2) is 0 Å². The van der Waals surface area contributed by atoms with Crippen molar-refractivity contribution in [2.75, 3.05) is 6.61 Å². The van der Waals surface area contributed by atoms with Gasteiger partial charge in [-0.25, -0.2) is 0 Å². The SMILES string of the molecule is CC(C)(C)CC(C)(C)CC#CC(C)(C)CC(C)(C)CO. The first-order valence-electron chi connectivity index (χ1n) is 7.79. The van der Waals surface area contributed by atoms with E-state index in [-0.39, 0.29) is 22.9 Å². The van der Waals surface area contributed by atoms with E-state index in [9.17, 15) is 5.11 Å². The summed E-state index contributed by atoms with van der Waals surface area (Å²) in [6.45, 7) is 20.2. The third kappa shape index (κ3) is 9.43. The van der Waals surface area contributed by atoms with Gasteiger partial charge >= 0.3 is 0 Å². The minimum absolute atomic E-state index is 0.0377. The summed E-state index contributed by atoms with van der Waals surface area (Å²) in [6.07, 6.45) is 3.04. The molecule has 0 amide bonds. The van der Waals surface area contributed by atoms with Gasteiger partial charge in [0.2, 0.25) is 0 Å². The molecule has 1 heteroatoms. The Labute approximate surface area is 127 Å². The maximum absolute atomic E-state index is 9.39. The van der Waals surface area contributed by atoms with Gasteiger partial charge in [-0.3, -0.25) is 0 Å². The molecule has 0 rings (SSSR count). The Hall–Kier alpha value is -0.480. The summed E-state index contributed by atoms with van der Waals surface area (Å²) < 4.78 is 0. The highest BCUT2D eigenvalue weighted by Gasteiger charge is 2.27. The van der Waals surface area contributed by atoms with Crippen molar-refractivity contribution in [1.82, 2.24) is 0 Å². The van der Waals surface area contributed by atoms with E-state index in [2.05, 4.69) is 74.2 Å². The molecule has 1 N–H and O–H groups in total. The van der Waals surface area contributed by atoms with Crippen LogP contribution in [0.3, 0.4) is 0 Å². The zero-order chi connectivity index (χ0) is 16.2. The van der Waals surface area contributed by atoms with Crippen LogP contribution in [-0.2, 0) is 0 Å². The second kappa shape index (κ2) is 6.52. The van der Waals surface area contributed by atoms with E-state index >= 15 is 0 Å². The molecule has 0 spiro atoms. The largest absolute Gasteiger partial charge is 0.396 e. The molecule has 0 aromatic heterocycles. The van der Waals surface area contributed by atoms with Gasteiger partial charge in [0, 0.05) is 18.4 Å². The fourth-order valence-electron chi connectivity index (χ4n) is 3.32. The summed E-state index contributed by atoms with van der Waals surface area (Å²) in [5, 5.41) is 9.39. The van der Waals surface area contributed by atoms with Crippen LogP contribution < -0.4 is 0 Å². The molecule has 0 aliphatic rings. The van der Waals surface area contributed by atoms with Crippen molar-refractivity contribution in [1.29, 1.82) is 0 Å². The zero-order valence-corrected chi connectivity index (χ0v) is 15.3. The van der Waals surface area contributed by atoms with Gasteiger partial charge in [-0.15, -0.1) is 5.92 Å². The average Bonchev–Trinajstić information content (AvgIpc) is 2.10. The lowest BCUT2D eigenvalue weighted by atomic mass is 9.73. The van der Waals surface area contributed by atoms with E-state index in [1.807, 2.05) is 0 Å². The smallest absolute Gasteiger partial charge is 0.0482 e. The fraction of sp³-hybridized carbons (Fsp3) is 0.895. The van der Waals surface area contributed by atoms with Crippen molar-refractivity contribution in [3.8, 4) is 11.8 Å². The molecule has 0 bridgehead atoms. The lowest BCUT2D eigenvalue weighted by Gasteiger charge is -2.31. The van der Waals surface area contributed by atoms with E-state index in [0.29, 0.717) is 5.41 Å². The third-order valence-corrected chi connectivity index (χ3v) is 3.35. The summed E-state index contributed by atoms with van der Waals surface area (Å²) in [5.74, 6) is 6.83. The first kappa shape index (κ1) is 19.5. The van der Waals surface area contributed by atoms with Crippen LogP contribution in [0.1, 0.15) is 81.6 Å². The van der Waals surface area contributed by atoms with Crippen LogP contribution in [-0.4, -0.2) is 11.7 Å². The predicted molar refractivity (Wildman–Crippen MR) is 89.5 cm³/mol. The van der Waals surface area contributed by atoms with Gasteiger partial charge in [-0.1, -0.05) is 54.4 Å². The Balaban J connectivity index is 4.66. The van der Waals surface area contributed by atoms with E-state index in [4.69, 9.17) is 0 Å². The summed E-state index contributed by atoms with van der Waals surface area (Å²) in [5.41, 5.74) is 0.510. The zero-order valence-electron chi connectivity index (χ0n) is 15.3. The van der Waals surface area contributed by atoms with Gasteiger partial charge in [0.25, 0.3) is 0 Å². The summed E-state index contributed by atoms with van der Waals surface area (Å²) in [7, 11) is 0. The molecule has 1 nitrogen and oxygen atoms in total. The monoisotopic (exact) mass is 280 g/mol. The Bertz CT molecular complexity index is 355. The molecule has 0 aliphatic heterocycles. The molecular formula is C19H36O. The first-order chi connectivity index (χ1) is 8.68. The molecule has 0 fully saturated rings. The molecule has 118 valence electrons. The highest BCUT2D eigenvalue weighted by molar-refractivity contribution is 5.11. The molecule has 0 atom stereocenters. The standard InChI is InChI=1S/C19H36O/c1-16(2,3)13-17(4,5)11-10-12-18(6,7)14-19(8,9)15-20/h20H,11,13-15H2,1-9H3. The highest BCUT2D eigenvalue weighted by Crippen LogP contribution is 2.36. The van der Waals surface area contributed by atoms with Crippen molar-refractivity contribution in [3.05, 3.63) is 0 Å². The minimum atomic E-state index is -0.0564. The predicted octanol–water partition coefficient (Wildman–Crippen LogP) is 5.28. The summed E-state index contributed by atoms with van der Waals surface area (Å²) in [4.78, 5) is 0. The topological polar surface area (TPSA) is 20.2 Å². The lowest BCUT2D eigenvalue weighted by Crippen LogP contribution is -2.25. The quantitative estimate of drug-likeness (QED) is 0.680. The molecule has 0 unspecified atom stereocenters. The van der Waals surface area contributed by atoms with Gasteiger partial charge in [0.1, 0.15) is 0 Å². The Kier molecular flexibility index (Phi) is 6.37. The van der Waals surface area contributed by atoms with Crippen molar-refractivity contribution in [2.45, 2.75) is 81.6 Å². The minimum Gasteiger partial charge on any atom is -0.396 e. The van der Waals surface area contributed by atoms with Gasteiger partial charge in [0.05, 0.1) is 0 Å². The van der Waals surface area contributed by atoms with Crippen LogP contribution in [0.15, 0.2) is 0 Å². The second-order valence-corrected chi connectivity index (χ2v) is 9.76. The van der Waals surface area contributed by atoms with E-state index in [1.54, 1.807) is 0 Å². The van der Waals surface area contributed by atoms with E-state index < -0.39 is 0 Å². The third-order valence-electron chi connectivity index (χ3n) is 3.35. The first-order valence-corrected chi connectivity index (χ1v) is 7.79. The van der Waals surface area contributed by atoms with Crippen LogP contribution >= 0.6 is 0 Å². The molecule has 0 aliphatic carbocycles. The fourth-order valence-corrected chi connectivity index (χ4v) is 3.32. The maximum Gasteiger partial charge on any atom is 0.0482 e. The molecule has 0 radical (unpaired) electrons. The lowest BCUT2D eigenvalue weighted by molar-refractivity contribution is 0.122. The summed E-state index contributed by atoms with van der Waals surface area (Å²) >= 11 is 0. The number of aliphatic hydroxyl groups excluding tert-OH is 1. The van der Waals surface area contributed by atoms with Crippen LogP contribution in [0.2, 0.25) is 0 Å². The van der Waals surface area contributed by atoms with Gasteiger partial charge in [-0.2, -0.15) is 0 Å². The molecule has 0 saturated heterocycles. The Morgan fingerprint density at radius 1 is 0.750 bits per heavy atom. The van der Waals surface area contributed by atoms with Crippen molar-refractivity contribution < 1.29 is 5.11 Å². The number of hydrogen-bond donors (Lipinski definition) is 1. The van der Waals surface area contributed by atoms with Crippen molar-refractivity contribution in [2.24, 2.45) is 21.7 Å². The normalized spacial score (nSPS) is 13.9. The van der Waals surface area contributed by atoms with Crippen LogP contribution in [0.4, 0.5) is 0 Å². The van der Waals surface area contributed by atoms with Gasteiger partial charge < -0.3 is 5.11 Å². The average molecular weight is 280 g/mol. The number of rotatable bonds is 5. The molecule has 0 aromatic carbocycles. The Morgan fingerprint density at radius 3 is 1.65 bits per heavy atom. The second-order valence-electron chi connectivity index (χ2n) is 9.76. The van der Waals surface area contributed by atoms with Crippen LogP contribution in [0.5, 0.6) is 0 Å². The van der Waals surface area contributed by atoms with Crippen molar-refractivity contribution >= 4 is 0 Å². The molecule has 0 heterocycles. The van der Waals surface area contributed by atoms with E-state index in [1.165, 1.54) is 6.42 Å². The molecule has 0 aromatic rings. The number of hydrogen-bond acceptors (Lipinski definition) is 1. The van der Waals surface area contributed by atoms with Gasteiger partial charge in [-0.05, 0) is 42.9 Å². The molecule has 20 heavy (non-hydrogen) atoms. The number of aliphatic hydroxyl groups is 1. The maximum atomic E-state index is 9.39. The Morgan fingerprint density at radius 2 is 1.25 bits per heavy atom. The van der Waals surface area contributed by atoms with E-state index in [0.717, 1.165) is 12.8 Å². The van der Waals surface area contributed by atoms with Crippen molar-refractivity contribution in [3.63, 3.8) is 0 Å². The summed E-state index contributed by atoms with van der Waals surface area (Å²) in [6, 6.07) is 0. The highest BCUT2D eigenvalue weighted by atomic mass is 16.3. The molecular weight excluding hydrogens is 244 g/mol.